The lowest BCUT2D eigenvalue weighted by atomic mass is 10.2. The Morgan fingerprint density at radius 3 is 2.57 bits per heavy atom. The van der Waals surface area contributed by atoms with Gasteiger partial charge in [-0.15, -0.1) is 0 Å². The average molecular weight is 378 g/mol. The summed E-state index contributed by atoms with van der Waals surface area (Å²) in [5.41, 5.74) is 1.39. The molecule has 4 rings (SSSR count). The summed E-state index contributed by atoms with van der Waals surface area (Å²) in [6, 6.07) is 19.7. The summed E-state index contributed by atoms with van der Waals surface area (Å²) in [6.45, 7) is 0.562. The third-order valence-electron chi connectivity index (χ3n) is 4.19. The molecule has 0 atom stereocenters. The van der Waals surface area contributed by atoms with E-state index < -0.39 is 5.97 Å². The van der Waals surface area contributed by atoms with Gasteiger partial charge in [0.05, 0.1) is 12.7 Å². The predicted octanol–water partition coefficient (Wildman–Crippen LogP) is 4.22. The molecule has 0 fully saturated rings. The van der Waals surface area contributed by atoms with Gasteiger partial charge in [0.2, 0.25) is 6.79 Å². The van der Waals surface area contributed by atoms with Gasteiger partial charge in [0.1, 0.15) is 12.4 Å². The third-order valence-corrected chi connectivity index (χ3v) is 4.19. The van der Waals surface area contributed by atoms with Crippen LogP contribution in [0.1, 0.15) is 15.9 Å². The van der Waals surface area contributed by atoms with E-state index in [4.69, 9.17) is 23.7 Å². The number of rotatable bonds is 6. The van der Waals surface area contributed by atoms with E-state index in [1.807, 2.05) is 30.3 Å². The molecule has 0 N–H and O–H groups in total. The van der Waals surface area contributed by atoms with Crippen molar-refractivity contribution in [2.75, 3.05) is 13.9 Å². The predicted molar refractivity (Wildman–Crippen MR) is 101 cm³/mol. The molecule has 1 heterocycles. The van der Waals surface area contributed by atoms with Crippen molar-refractivity contribution >= 4 is 5.97 Å². The Bertz CT molecular complexity index is 984. The number of methoxy groups -OCH3 is 1. The van der Waals surface area contributed by atoms with E-state index in [0.717, 1.165) is 5.56 Å². The van der Waals surface area contributed by atoms with E-state index in [2.05, 4.69) is 0 Å². The Morgan fingerprint density at radius 2 is 1.75 bits per heavy atom. The monoisotopic (exact) mass is 378 g/mol. The van der Waals surface area contributed by atoms with Gasteiger partial charge in [-0.1, -0.05) is 30.3 Å². The zero-order valence-electron chi connectivity index (χ0n) is 15.2. The molecule has 0 spiro atoms. The number of carbonyl (C=O) groups excluding carboxylic acids is 1. The van der Waals surface area contributed by atoms with E-state index in [-0.39, 0.29) is 6.79 Å². The molecule has 0 bridgehead atoms. The number of carbonyl (C=O) groups is 1. The lowest BCUT2D eigenvalue weighted by Gasteiger charge is -2.12. The van der Waals surface area contributed by atoms with Crippen molar-refractivity contribution in [3.05, 3.63) is 77.9 Å². The Morgan fingerprint density at radius 1 is 0.929 bits per heavy atom. The van der Waals surface area contributed by atoms with Crippen LogP contribution < -0.4 is 23.7 Å². The summed E-state index contributed by atoms with van der Waals surface area (Å²) in [4.78, 5) is 12.5. The van der Waals surface area contributed by atoms with Crippen molar-refractivity contribution in [1.29, 1.82) is 0 Å². The molecule has 3 aromatic carbocycles. The minimum atomic E-state index is -0.508. The molecular weight excluding hydrogens is 360 g/mol. The standard InChI is InChI=1S/C22H18O6/c1-24-20-11-16(7-9-18(20)25-13-15-5-3-2-4-6-15)22(23)28-17-8-10-19-21(12-17)27-14-26-19/h2-12H,13-14H2,1H3. The van der Waals surface area contributed by atoms with E-state index in [9.17, 15) is 4.79 Å². The van der Waals surface area contributed by atoms with Crippen molar-refractivity contribution in [3.63, 3.8) is 0 Å². The van der Waals surface area contributed by atoms with Crippen LogP contribution in [0.4, 0.5) is 0 Å². The molecule has 0 saturated heterocycles. The highest BCUT2D eigenvalue weighted by atomic mass is 16.7. The molecule has 1 aliphatic heterocycles. The molecule has 0 amide bonds. The summed E-state index contributed by atoms with van der Waals surface area (Å²) in [5.74, 6) is 2.04. The summed E-state index contributed by atoms with van der Waals surface area (Å²) >= 11 is 0. The zero-order valence-corrected chi connectivity index (χ0v) is 15.2. The van der Waals surface area contributed by atoms with Crippen LogP contribution in [0.15, 0.2) is 66.7 Å². The molecule has 3 aromatic rings. The molecular formula is C22H18O6. The molecule has 1 aliphatic rings. The van der Waals surface area contributed by atoms with E-state index in [1.54, 1.807) is 36.4 Å². The summed E-state index contributed by atoms with van der Waals surface area (Å²) in [6.07, 6.45) is 0. The number of hydrogen-bond donors (Lipinski definition) is 0. The Labute approximate surface area is 162 Å². The molecule has 0 unspecified atom stereocenters. The smallest absolute Gasteiger partial charge is 0.343 e. The topological polar surface area (TPSA) is 63.2 Å². The first-order valence-corrected chi connectivity index (χ1v) is 8.69. The number of hydrogen-bond acceptors (Lipinski definition) is 6. The first-order chi connectivity index (χ1) is 13.7. The number of ether oxygens (including phenoxy) is 5. The highest BCUT2D eigenvalue weighted by molar-refractivity contribution is 5.92. The normalized spacial score (nSPS) is 11.8. The van der Waals surface area contributed by atoms with Crippen LogP contribution in [0.5, 0.6) is 28.7 Å². The minimum Gasteiger partial charge on any atom is -0.493 e. The van der Waals surface area contributed by atoms with Crippen molar-refractivity contribution in [2.45, 2.75) is 6.61 Å². The molecule has 0 saturated carbocycles. The van der Waals surface area contributed by atoms with Gasteiger partial charge in [0, 0.05) is 6.07 Å². The first kappa shape index (κ1) is 17.7. The highest BCUT2D eigenvalue weighted by Crippen LogP contribution is 2.35. The summed E-state index contributed by atoms with van der Waals surface area (Å²) in [7, 11) is 1.53. The van der Waals surface area contributed by atoms with Crippen LogP contribution in [0.25, 0.3) is 0 Å². The van der Waals surface area contributed by atoms with Gasteiger partial charge >= 0.3 is 5.97 Å². The number of esters is 1. The molecule has 0 radical (unpaired) electrons. The Kier molecular flexibility index (Phi) is 5.01. The minimum absolute atomic E-state index is 0.161. The van der Waals surface area contributed by atoms with Crippen molar-refractivity contribution < 1.29 is 28.5 Å². The highest BCUT2D eigenvalue weighted by Gasteiger charge is 2.17. The average Bonchev–Trinajstić information content (AvgIpc) is 3.20. The van der Waals surface area contributed by atoms with E-state index >= 15 is 0 Å². The molecule has 0 aliphatic carbocycles. The Balaban J connectivity index is 1.46. The first-order valence-electron chi connectivity index (χ1n) is 8.69. The van der Waals surface area contributed by atoms with Crippen LogP contribution in [0.2, 0.25) is 0 Å². The lowest BCUT2D eigenvalue weighted by molar-refractivity contribution is 0.0734. The lowest BCUT2D eigenvalue weighted by Crippen LogP contribution is -2.09. The van der Waals surface area contributed by atoms with Crippen LogP contribution in [0, 0.1) is 0 Å². The van der Waals surface area contributed by atoms with Crippen molar-refractivity contribution in [1.82, 2.24) is 0 Å². The van der Waals surface area contributed by atoms with Crippen LogP contribution >= 0.6 is 0 Å². The molecule has 142 valence electrons. The SMILES string of the molecule is COc1cc(C(=O)Oc2ccc3c(c2)OCO3)ccc1OCc1ccccc1. The van der Waals surface area contributed by atoms with Gasteiger partial charge < -0.3 is 23.7 Å². The fourth-order valence-corrected chi connectivity index (χ4v) is 2.76. The third kappa shape index (κ3) is 3.86. The quantitative estimate of drug-likeness (QED) is 0.473. The van der Waals surface area contributed by atoms with Crippen LogP contribution in [0.3, 0.4) is 0 Å². The molecule has 6 heteroatoms. The maximum atomic E-state index is 12.5. The largest absolute Gasteiger partial charge is 0.493 e. The van der Waals surface area contributed by atoms with Crippen LogP contribution in [-0.4, -0.2) is 19.9 Å². The molecule has 6 nitrogen and oxygen atoms in total. The maximum absolute atomic E-state index is 12.5. The zero-order chi connectivity index (χ0) is 19.3. The second-order valence-electron chi connectivity index (χ2n) is 6.04. The maximum Gasteiger partial charge on any atom is 0.343 e. The fourth-order valence-electron chi connectivity index (χ4n) is 2.76. The summed E-state index contributed by atoms with van der Waals surface area (Å²) < 4.78 is 27.1. The van der Waals surface area contributed by atoms with Crippen molar-refractivity contribution in [3.8, 4) is 28.7 Å². The van der Waals surface area contributed by atoms with Crippen LogP contribution in [-0.2, 0) is 6.61 Å². The fraction of sp³-hybridized carbons (Fsp3) is 0.136. The number of benzene rings is 3. The molecule has 28 heavy (non-hydrogen) atoms. The van der Waals surface area contributed by atoms with E-state index in [0.29, 0.717) is 40.9 Å². The second-order valence-corrected chi connectivity index (χ2v) is 6.04. The second kappa shape index (κ2) is 7.92. The number of fused-ring (bicyclic) bond motifs is 1. The van der Waals surface area contributed by atoms with E-state index in [1.165, 1.54) is 7.11 Å². The van der Waals surface area contributed by atoms with Gasteiger partial charge in [-0.05, 0) is 35.9 Å². The van der Waals surface area contributed by atoms with Gasteiger partial charge in [-0.3, -0.25) is 0 Å². The molecule has 0 aromatic heterocycles. The van der Waals surface area contributed by atoms with Gasteiger partial charge in [0.25, 0.3) is 0 Å². The van der Waals surface area contributed by atoms with Crippen molar-refractivity contribution in [2.24, 2.45) is 0 Å². The summed E-state index contributed by atoms with van der Waals surface area (Å²) in [5, 5.41) is 0. The van der Waals surface area contributed by atoms with Gasteiger partial charge in [-0.2, -0.15) is 0 Å². The van der Waals surface area contributed by atoms with Gasteiger partial charge in [-0.25, -0.2) is 4.79 Å². The van der Waals surface area contributed by atoms with Gasteiger partial charge in [0.15, 0.2) is 23.0 Å². The Hall–Kier alpha value is -3.67.